The third-order valence-corrected chi connectivity index (χ3v) is 5.67. The van der Waals surface area contributed by atoms with E-state index in [2.05, 4.69) is 88.4 Å². The van der Waals surface area contributed by atoms with Crippen LogP contribution in [0, 0.1) is 6.92 Å². The Labute approximate surface area is 167 Å². The first-order valence-electron chi connectivity index (χ1n) is 9.98. The summed E-state index contributed by atoms with van der Waals surface area (Å²) in [6.07, 6.45) is 0. The summed E-state index contributed by atoms with van der Waals surface area (Å²) >= 11 is 0. The molecule has 0 atom stereocenters. The molecule has 0 bridgehead atoms. The van der Waals surface area contributed by atoms with Crippen LogP contribution >= 0.6 is 0 Å². The zero-order chi connectivity index (χ0) is 19.9. The van der Waals surface area contributed by atoms with Gasteiger partial charge >= 0.3 is 0 Å². The highest BCUT2D eigenvalue weighted by Gasteiger charge is 2.32. The van der Waals surface area contributed by atoms with Crippen molar-refractivity contribution in [3.63, 3.8) is 0 Å². The Bertz CT molecular complexity index is 966. The number of aliphatic hydroxyl groups is 1. The molecular weight excluding hydrogens is 344 g/mol. The third-order valence-electron chi connectivity index (χ3n) is 5.67. The second-order valence-electron chi connectivity index (χ2n) is 8.63. The molecule has 0 fully saturated rings. The average molecular weight is 373 g/mol. The van der Waals surface area contributed by atoms with Crippen LogP contribution in [0.3, 0.4) is 0 Å². The van der Waals surface area contributed by atoms with Crippen LogP contribution in [-0.4, -0.2) is 18.3 Å². The van der Waals surface area contributed by atoms with E-state index in [0.29, 0.717) is 6.61 Å². The Morgan fingerprint density at radius 2 is 1.43 bits per heavy atom. The molecule has 2 heteroatoms. The standard InChI is InChI=1S/C26H28O2/c1-17-15-24(28-14-13-27)23(26(2,3)4)16-22(17)25-20-11-7-5-9-18(20)19-10-6-8-12-21(19)25/h5-12,15-16,25,27H,13-14H2,1-4H3. The van der Waals surface area contributed by atoms with Crippen LogP contribution in [-0.2, 0) is 5.41 Å². The highest BCUT2D eigenvalue weighted by molar-refractivity contribution is 5.81. The smallest absolute Gasteiger partial charge is 0.123 e. The van der Waals surface area contributed by atoms with Crippen molar-refractivity contribution in [2.45, 2.75) is 39.0 Å². The molecule has 3 aromatic carbocycles. The lowest BCUT2D eigenvalue weighted by atomic mass is 9.80. The molecule has 0 saturated carbocycles. The molecule has 1 aliphatic carbocycles. The Morgan fingerprint density at radius 1 is 0.857 bits per heavy atom. The zero-order valence-corrected chi connectivity index (χ0v) is 17.1. The van der Waals surface area contributed by atoms with Crippen LogP contribution in [0.15, 0.2) is 60.7 Å². The van der Waals surface area contributed by atoms with E-state index in [0.717, 1.165) is 5.75 Å². The van der Waals surface area contributed by atoms with Gasteiger partial charge in [0.2, 0.25) is 0 Å². The molecular formula is C26H28O2. The van der Waals surface area contributed by atoms with E-state index < -0.39 is 0 Å². The molecule has 2 nitrogen and oxygen atoms in total. The lowest BCUT2D eigenvalue weighted by molar-refractivity contribution is 0.199. The molecule has 0 spiro atoms. The fraction of sp³-hybridized carbons (Fsp3) is 0.308. The van der Waals surface area contributed by atoms with Gasteiger partial charge in [0, 0.05) is 5.92 Å². The predicted octanol–water partition coefficient (Wildman–Crippen LogP) is 5.82. The summed E-state index contributed by atoms with van der Waals surface area (Å²) < 4.78 is 5.90. The van der Waals surface area contributed by atoms with Crippen LogP contribution in [0.5, 0.6) is 5.75 Å². The van der Waals surface area contributed by atoms with Crippen LogP contribution in [0.25, 0.3) is 11.1 Å². The number of hydrogen-bond donors (Lipinski definition) is 1. The van der Waals surface area contributed by atoms with Crippen molar-refractivity contribution in [1.82, 2.24) is 0 Å². The minimum absolute atomic E-state index is 0.0216. The lowest BCUT2D eigenvalue weighted by Gasteiger charge is -2.27. The van der Waals surface area contributed by atoms with Crippen molar-refractivity contribution in [3.8, 4) is 16.9 Å². The van der Waals surface area contributed by atoms with Gasteiger partial charge in [0.1, 0.15) is 12.4 Å². The van der Waals surface area contributed by atoms with Crippen molar-refractivity contribution < 1.29 is 9.84 Å². The van der Waals surface area contributed by atoms with E-state index in [9.17, 15) is 5.11 Å². The number of benzene rings is 3. The summed E-state index contributed by atoms with van der Waals surface area (Å²) in [7, 11) is 0. The molecule has 0 aliphatic heterocycles. The van der Waals surface area contributed by atoms with Gasteiger partial charge in [-0.1, -0.05) is 75.4 Å². The number of ether oxygens (including phenoxy) is 1. The number of hydrogen-bond acceptors (Lipinski definition) is 2. The molecule has 0 amide bonds. The Kier molecular flexibility index (Phi) is 4.76. The quantitative estimate of drug-likeness (QED) is 0.489. The van der Waals surface area contributed by atoms with Crippen LogP contribution in [0.4, 0.5) is 0 Å². The van der Waals surface area contributed by atoms with Crippen molar-refractivity contribution in [2.24, 2.45) is 0 Å². The molecule has 1 aliphatic rings. The normalized spacial score (nSPS) is 13.3. The minimum Gasteiger partial charge on any atom is -0.491 e. The Balaban J connectivity index is 1.92. The molecule has 3 aromatic rings. The van der Waals surface area contributed by atoms with Crippen LogP contribution < -0.4 is 4.74 Å². The predicted molar refractivity (Wildman–Crippen MR) is 115 cm³/mol. The molecule has 1 N–H and O–H groups in total. The molecule has 4 rings (SSSR count). The van der Waals surface area contributed by atoms with Crippen molar-refractivity contribution in [1.29, 1.82) is 0 Å². The minimum atomic E-state index is -0.0507. The first kappa shape index (κ1) is 18.8. The summed E-state index contributed by atoms with van der Waals surface area (Å²) in [5.74, 6) is 1.11. The van der Waals surface area contributed by atoms with Gasteiger partial charge in [0.25, 0.3) is 0 Å². The summed E-state index contributed by atoms with van der Waals surface area (Å²) in [4.78, 5) is 0. The van der Waals surface area contributed by atoms with E-state index in [1.807, 2.05) is 0 Å². The van der Waals surface area contributed by atoms with Gasteiger partial charge in [-0.15, -0.1) is 0 Å². The first-order valence-corrected chi connectivity index (χ1v) is 9.98. The first-order chi connectivity index (χ1) is 13.4. The van der Waals surface area contributed by atoms with Gasteiger partial charge in [0.05, 0.1) is 6.61 Å². The average Bonchev–Trinajstić information content (AvgIpc) is 3.00. The summed E-state index contributed by atoms with van der Waals surface area (Å²) in [5.41, 5.74) is 9.09. The van der Waals surface area contributed by atoms with Crippen molar-refractivity contribution in [2.75, 3.05) is 13.2 Å². The number of aryl methyl sites for hydroxylation is 1. The van der Waals surface area contributed by atoms with Gasteiger partial charge < -0.3 is 9.84 Å². The van der Waals surface area contributed by atoms with E-state index >= 15 is 0 Å². The molecule has 28 heavy (non-hydrogen) atoms. The molecule has 0 radical (unpaired) electrons. The molecule has 0 unspecified atom stereocenters. The second kappa shape index (κ2) is 7.10. The fourth-order valence-corrected chi connectivity index (χ4v) is 4.36. The maximum atomic E-state index is 9.21. The van der Waals surface area contributed by atoms with Gasteiger partial charge in [-0.25, -0.2) is 0 Å². The second-order valence-corrected chi connectivity index (χ2v) is 8.63. The van der Waals surface area contributed by atoms with E-state index in [-0.39, 0.29) is 17.9 Å². The zero-order valence-electron chi connectivity index (χ0n) is 17.1. The lowest BCUT2D eigenvalue weighted by Crippen LogP contribution is -2.16. The number of fused-ring (bicyclic) bond motifs is 3. The van der Waals surface area contributed by atoms with Gasteiger partial charge in [0.15, 0.2) is 0 Å². The number of aliphatic hydroxyl groups excluding tert-OH is 1. The van der Waals surface area contributed by atoms with Gasteiger partial charge in [-0.05, 0) is 57.3 Å². The maximum absolute atomic E-state index is 9.21. The SMILES string of the molecule is Cc1cc(OCCO)c(C(C)(C)C)cc1C1c2ccccc2-c2ccccc21. The largest absolute Gasteiger partial charge is 0.491 e. The molecule has 0 heterocycles. The Hall–Kier alpha value is -2.58. The molecule has 144 valence electrons. The summed E-state index contributed by atoms with van der Waals surface area (Å²) in [6.45, 7) is 9.14. The van der Waals surface area contributed by atoms with Gasteiger partial charge in [-0.2, -0.15) is 0 Å². The molecule has 0 saturated heterocycles. The summed E-state index contributed by atoms with van der Waals surface area (Å²) in [5, 5.41) is 9.21. The highest BCUT2D eigenvalue weighted by Crippen LogP contribution is 2.49. The summed E-state index contributed by atoms with van der Waals surface area (Å²) in [6, 6.07) is 22.0. The van der Waals surface area contributed by atoms with E-state index in [4.69, 9.17) is 4.74 Å². The fourth-order valence-electron chi connectivity index (χ4n) is 4.36. The topological polar surface area (TPSA) is 29.5 Å². The van der Waals surface area contributed by atoms with Crippen LogP contribution in [0.1, 0.15) is 54.5 Å². The highest BCUT2D eigenvalue weighted by atomic mass is 16.5. The van der Waals surface area contributed by atoms with Crippen molar-refractivity contribution >= 4 is 0 Å². The van der Waals surface area contributed by atoms with Gasteiger partial charge in [-0.3, -0.25) is 0 Å². The van der Waals surface area contributed by atoms with Crippen molar-refractivity contribution in [3.05, 3.63) is 88.5 Å². The molecule has 0 aromatic heterocycles. The number of rotatable bonds is 4. The van der Waals surface area contributed by atoms with E-state index in [1.165, 1.54) is 38.9 Å². The Morgan fingerprint density at radius 3 is 1.96 bits per heavy atom. The monoisotopic (exact) mass is 372 g/mol. The maximum Gasteiger partial charge on any atom is 0.123 e. The van der Waals surface area contributed by atoms with Crippen LogP contribution in [0.2, 0.25) is 0 Å². The third kappa shape index (κ3) is 3.12. The van der Waals surface area contributed by atoms with E-state index in [1.54, 1.807) is 0 Å².